The topological polar surface area (TPSA) is 61.2 Å². The Morgan fingerprint density at radius 1 is 1.65 bits per heavy atom. The molecule has 1 aromatic rings. The molecule has 1 unspecified atom stereocenters. The van der Waals surface area contributed by atoms with Gasteiger partial charge in [-0.15, -0.1) is 0 Å². The molecule has 0 aromatic carbocycles. The van der Waals surface area contributed by atoms with Crippen LogP contribution in [0, 0.1) is 0 Å². The fraction of sp³-hybridized carbons (Fsp3) is 0.818. The zero-order valence-corrected chi connectivity index (χ0v) is 10.6. The number of hydrogen-bond donors (Lipinski definition) is 1. The molecule has 0 amide bonds. The summed E-state index contributed by atoms with van der Waals surface area (Å²) in [5.41, 5.74) is -0.114. The summed E-state index contributed by atoms with van der Waals surface area (Å²) in [4.78, 5) is 4.10. The van der Waals surface area contributed by atoms with Crippen LogP contribution < -0.4 is 5.32 Å². The van der Waals surface area contributed by atoms with Gasteiger partial charge in [-0.3, -0.25) is 4.68 Å². The molecule has 1 atom stereocenters. The van der Waals surface area contributed by atoms with Crippen molar-refractivity contribution in [1.29, 1.82) is 0 Å². The minimum Gasteiger partial charge on any atom is -0.371 e. The Kier molecular flexibility index (Phi) is 3.76. The van der Waals surface area contributed by atoms with Gasteiger partial charge < -0.3 is 14.8 Å². The van der Waals surface area contributed by atoms with Gasteiger partial charge in [-0.05, 0) is 13.8 Å². The summed E-state index contributed by atoms with van der Waals surface area (Å²) < 4.78 is 13.2. The largest absolute Gasteiger partial charge is 0.371 e. The summed E-state index contributed by atoms with van der Waals surface area (Å²) in [5.74, 6) is 0.827. The van der Waals surface area contributed by atoms with Crippen LogP contribution in [0.1, 0.15) is 19.7 Å². The van der Waals surface area contributed by atoms with Crippen molar-refractivity contribution < 1.29 is 9.47 Å². The summed E-state index contributed by atoms with van der Waals surface area (Å²) >= 11 is 0. The van der Waals surface area contributed by atoms with Crippen LogP contribution in [-0.4, -0.2) is 46.2 Å². The zero-order chi connectivity index (χ0) is 12.3. The van der Waals surface area contributed by atoms with Crippen LogP contribution in [-0.2, 0) is 23.1 Å². The number of ether oxygens (including phenoxy) is 2. The maximum absolute atomic E-state index is 5.89. The maximum atomic E-state index is 5.89. The first-order valence-corrected chi connectivity index (χ1v) is 5.86. The van der Waals surface area contributed by atoms with Gasteiger partial charge in [0, 0.05) is 20.1 Å². The molecule has 1 fully saturated rings. The third kappa shape index (κ3) is 3.49. The Bertz CT molecular complexity index is 364. The van der Waals surface area contributed by atoms with Gasteiger partial charge in [-0.2, -0.15) is 5.10 Å². The highest BCUT2D eigenvalue weighted by Gasteiger charge is 2.28. The van der Waals surface area contributed by atoms with Crippen molar-refractivity contribution in [2.75, 3.05) is 19.7 Å². The molecule has 1 aromatic heterocycles. The van der Waals surface area contributed by atoms with E-state index in [1.807, 2.05) is 7.05 Å². The van der Waals surface area contributed by atoms with Crippen LogP contribution in [0.4, 0.5) is 0 Å². The Morgan fingerprint density at radius 2 is 2.47 bits per heavy atom. The number of morpholine rings is 1. The molecule has 1 saturated heterocycles. The van der Waals surface area contributed by atoms with E-state index in [-0.39, 0.29) is 11.7 Å². The first-order chi connectivity index (χ1) is 8.07. The lowest BCUT2D eigenvalue weighted by atomic mass is 10.1. The molecule has 1 N–H and O–H groups in total. The van der Waals surface area contributed by atoms with Crippen molar-refractivity contribution in [3.63, 3.8) is 0 Å². The third-order valence-electron chi connectivity index (χ3n) is 2.75. The van der Waals surface area contributed by atoms with E-state index in [1.165, 1.54) is 6.33 Å². The fourth-order valence-corrected chi connectivity index (χ4v) is 1.89. The molecular formula is C11H20N4O2. The smallest absolute Gasteiger partial charge is 0.152 e. The van der Waals surface area contributed by atoms with Gasteiger partial charge in [0.05, 0.1) is 18.3 Å². The Labute approximate surface area is 101 Å². The van der Waals surface area contributed by atoms with Crippen molar-refractivity contribution in [3.05, 3.63) is 12.2 Å². The summed E-state index contributed by atoms with van der Waals surface area (Å²) in [6.45, 7) is 6.92. The minimum atomic E-state index is -0.114. The van der Waals surface area contributed by atoms with Gasteiger partial charge in [0.1, 0.15) is 12.9 Å². The molecular weight excluding hydrogens is 220 g/mol. The van der Waals surface area contributed by atoms with Gasteiger partial charge >= 0.3 is 0 Å². The monoisotopic (exact) mass is 240 g/mol. The van der Waals surface area contributed by atoms with Crippen LogP contribution in [0.5, 0.6) is 0 Å². The molecule has 0 saturated carbocycles. The molecule has 96 valence electrons. The second-order valence-corrected chi connectivity index (χ2v) is 4.95. The van der Waals surface area contributed by atoms with E-state index in [9.17, 15) is 0 Å². The molecule has 17 heavy (non-hydrogen) atoms. The SMILES string of the molecule is Cn1ncnc1COCC1CNCC(C)(C)O1. The highest BCUT2D eigenvalue weighted by atomic mass is 16.5. The first kappa shape index (κ1) is 12.5. The molecule has 6 heteroatoms. The standard InChI is InChI=1S/C11H20N4O2/c1-11(2)7-12-4-9(17-11)5-16-6-10-13-8-14-15(10)3/h8-9,12H,4-7H2,1-3H3. The fourth-order valence-electron chi connectivity index (χ4n) is 1.89. The van der Waals surface area contributed by atoms with Crippen LogP contribution >= 0.6 is 0 Å². The highest BCUT2D eigenvalue weighted by molar-refractivity contribution is 4.82. The Hall–Kier alpha value is -0.980. The molecule has 2 rings (SSSR count). The van der Waals surface area contributed by atoms with E-state index >= 15 is 0 Å². The number of nitrogens with one attached hydrogen (secondary N) is 1. The lowest BCUT2D eigenvalue weighted by molar-refractivity contribution is -0.122. The molecule has 6 nitrogen and oxygen atoms in total. The minimum absolute atomic E-state index is 0.104. The number of nitrogens with zero attached hydrogens (tertiary/aromatic N) is 3. The molecule has 0 aliphatic carbocycles. The zero-order valence-electron chi connectivity index (χ0n) is 10.6. The predicted octanol–water partition coefficient (Wildman–Crippen LogP) is 0.0987. The summed E-state index contributed by atoms with van der Waals surface area (Å²) in [7, 11) is 1.85. The second-order valence-electron chi connectivity index (χ2n) is 4.95. The predicted molar refractivity (Wildman–Crippen MR) is 62.5 cm³/mol. The highest BCUT2D eigenvalue weighted by Crippen LogP contribution is 2.15. The summed E-state index contributed by atoms with van der Waals surface area (Å²) in [6.07, 6.45) is 1.63. The molecule has 0 radical (unpaired) electrons. The van der Waals surface area contributed by atoms with Crippen molar-refractivity contribution >= 4 is 0 Å². The third-order valence-corrected chi connectivity index (χ3v) is 2.75. The van der Waals surface area contributed by atoms with Gasteiger partial charge in [0.2, 0.25) is 0 Å². The maximum Gasteiger partial charge on any atom is 0.152 e. The second kappa shape index (κ2) is 5.12. The molecule has 1 aliphatic heterocycles. The Morgan fingerprint density at radius 3 is 3.12 bits per heavy atom. The molecule has 0 bridgehead atoms. The number of aryl methyl sites for hydroxylation is 1. The average molecular weight is 240 g/mol. The van der Waals surface area contributed by atoms with E-state index in [1.54, 1.807) is 4.68 Å². The van der Waals surface area contributed by atoms with E-state index < -0.39 is 0 Å². The quantitative estimate of drug-likeness (QED) is 0.808. The van der Waals surface area contributed by atoms with E-state index in [0.29, 0.717) is 13.2 Å². The molecule has 1 aliphatic rings. The lowest BCUT2D eigenvalue weighted by Crippen LogP contribution is -2.51. The number of rotatable bonds is 4. The number of aromatic nitrogens is 3. The van der Waals surface area contributed by atoms with Crippen LogP contribution in [0.15, 0.2) is 6.33 Å². The van der Waals surface area contributed by atoms with Crippen LogP contribution in [0.25, 0.3) is 0 Å². The van der Waals surface area contributed by atoms with E-state index in [4.69, 9.17) is 9.47 Å². The van der Waals surface area contributed by atoms with Crippen molar-refractivity contribution in [3.8, 4) is 0 Å². The number of hydrogen-bond acceptors (Lipinski definition) is 5. The normalized spacial score (nSPS) is 23.8. The van der Waals surface area contributed by atoms with E-state index in [0.717, 1.165) is 18.9 Å². The molecule has 2 heterocycles. The van der Waals surface area contributed by atoms with Crippen LogP contribution in [0.2, 0.25) is 0 Å². The summed E-state index contributed by atoms with van der Waals surface area (Å²) in [5, 5.41) is 7.33. The van der Waals surface area contributed by atoms with Crippen molar-refractivity contribution in [1.82, 2.24) is 20.1 Å². The van der Waals surface area contributed by atoms with Crippen molar-refractivity contribution in [2.24, 2.45) is 7.05 Å². The molecule has 0 spiro atoms. The average Bonchev–Trinajstić information content (AvgIpc) is 2.63. The first-order valence-electron chi connectivity index (χ1n) is 5.86. The van der Waals surface area contributed by atoms with Gasteiger partial charge in [-0.25, -0.2) is 4.98 Å². The van der Waals surface area contributed by atoms with Gasteiger partial charge in [0.15, 0.2) is 5.82 Å². The van der Waals surface area contributed by atoms with E-state index in [2.05, 4.69) is 29.2 Å². The van der Waals surface area contributed by atoms with Gasteiger partial charge in [-0.1, -0.05) is 0 Å². The lowest BCUT2D eigenvalue weighted by Gasteiger charge is -2.36. The van der Waals surface area contributed by atoms with Crippen molar-refractivity contribution in [2.45, 2.75) is 32.2 Å². The Balaban J connectivity index is 1.74. The van der Waals surface area contributed by atoms with Crippen LogP contribution in [0.3, 0.4) is 0 Å². The van der Waals surface area contributed by atoms with Gasteiger partial charge in [0.25, 0.3) is 0 Å². The summed E-state index contributed by atoms with van der Waals surface area (Å²) in [6, 6.07) is 0.